The second-order valence-electron chi connectivity index (χ2n) is 5.01. The van der Waals surface area contributed by atoms with Crippen molar-refractivity contribution in [2.45, 2.75) is 25.9 Å². The molecule has 0 N–H and O–H groups in total. The maximum atomic E-state index is 12.3. The summed E-state index contributed by atoms with van der Waals surface area (Å²) in [6.07, 6.45) is 1.80. The van der Waals surface area contributed by atoms with Crippen molar-refractivity contribution in [3.63, 3.8) is 0 Å². The third kappa shape index (κ3) is 1.95. The van der Waals surface area contributed by atoms with E-state index >= 15 is 0 Å². The average molecular weight is 244 g/mol. The average Bonchev–Trinajstić information content (AvgIpc) is 3.08. The zero-order valence-corrected chi connectivity index (χ0v) is 10.6. The van der Waals surface area contributed by atoms with E-state index in [9.17, 15) is 4.79 Å². The predicted molar refractivity (Wildman–Crippen MR) is 68.8 cm³/mol. The quantitative estimate of drug-likeness (QED) is 0.774. The van der Waals surface area contributed by atoms with Crippen LogP contribution in [0, 0.1) is 12.8 Å². The van der Waals surface area contributed by atoms with Gasteiger partial charge in [-0.2, -0.15) is 0 Å². The maximum absolute atomic E-state index is 12.3. The molecule has 0 aliphatic heterocycles. The van der Waals surface area contributed by atoms with Gasteiger partial charge in [0.2, 0.25) is 5.78 Å². The van der Waals surface area contributed by atoms with Crippen molar-refractivity contribution in [2.24, 2.45) is 5.92 Å². The predicted octanol–water partition coefficient (Wildman–Crippen LogP) is 3.35. The van der Waals surface area contributed by atoms with Crippen molar-refractivity contribution in [1.82, 2.24) is 0 Å². The third-order valence-electron chi connectivity index (χ3n) is 3.48. The monoisotopic (exact) mass is 244 g/mol. The van der Waals surface area contributed by atoms with Crippen LogP contribution >= 0.6 is 0 Å². The second-order valence-corrected chi connectivity index (χ2v) is 5.01. The van der Waals surface area contributed by atoms with E-state index in [4.69, 9.17) is 9.15 Å². The lowest BCUT2D eigenvalue weighted by molar-refractivity contribution is 0.0515. The number of carbonyl (C=O) groups is 1. The van der Waals surface area contributed by atoms with Gasteiger partial charge in [0, 0.05) is 12.5 Å². The van der Waals surface area contributed by atoms with Crippen LogP contribution < -0.4 is 0 Å². The van der Waals surface area contributed by atoms with Crippen LogP contribution in [-0.4, -0.2) is 19.0 Å². The number of ketones is 1. The minimum atomic E-state index is -0.341. The number of furan rings is 1. The van der Waals surface area contributed by atoms with Crippen molar-refractivity contribution in [1.29, 1.82) is 0 Å². The first-order chi connectivity index (χ1) is 8.69. The summed E-state index contributed by atoms with van der Waals surface area (Å²) in [6.45, 7) is 2.02. The molecule has 1 unspecified atom stereocenters. The number of Topliss-reactive ketones (excluding diaryl/α,β-unsaturated/α-hetero) is 1. The van der Waals surface area contributed by atoms with E-state index in [1.165, 1.54) is 0 Å². The lowest BCUT2D eigenvalue weighted by atomic mass is 10.1. The first-order valence-electron chi connectivity index (χ1n) is 6.26. The standard InChI is InChI=1S/C15H16O3/c1-9-3-6-12-11(7-9)8-13(18-12)14(16)15(17-2)10-4-5-10/h3,6-8,10,15H,4-5H2,1-2H3. The first-order valence-corrected chi connectivity index (χ1v) is 6.26. The summed E-state index contributed by atoms with van der Waals surface area (Å²) in [7, 11) is 1.59. The summed E-state index contributed by atoms with van der Waals surface area (Å²) in [5, 5.41) is 0.976. The molecule has 0 bridgehead atoms. The molecule has 1 fully saturated rings. The highest BCUT2D eigenvalue weighted by molar-refractivity contribution is 6.00. The Bertz CT molecular complexity index is 593. The van der Waals surface area contributed by atoms with Gasteiger partial charge in [-0.1, -0.05) is 11.6 Å². The van der Waals surface area contributed by atoms with E-state index in [0.717, 1.165) is 29.4 Å². The molecule has 94 valence electrons. The summed E-state index contributed by atoms with van der Waals surface area (Å²) >= 11 is 0. The van der Waals surface area contributed by atoms with E-state index in [0.29, 0.717) is 11.7 Å². The van der Waals surface area contributed by atoms with Crippen LogP contribution in [0.3, 0.4) is 0 Å². The number of ether oxygens (including phenoxy) is 1. The first kappa shape index (κ1) is 11.5. The van der Waals surface area contributed by atoms with Gasteiger partial charge in [-0.15, -0.1) is 0 Å². The largest absolute Gasteiger partial charge is 0.453 e. The lowest BCUT2D eigenvalue weighted by Gasteiger charge is -2.10. The molecule has 3 nitrogen and oxygen atoms in total. The second kappa shape index (κ2) is 4.25. The van der Waals surface area contributed by atoms with E-state index in [1.54, 1.807) is 7.11 Å². The molecule has 3 rings (SSSR count). The Labute approximate surface area is 106 Å². The molecule has 1 aliphatic rings. The topological polar surface area (TPSA) is 39.4 Å². The van der Waals surface area contributed by atoms with E-state index in [-0.39, 0.29) is 11.9 Å². The van der Waals surface area contributed by atoms with Crippen LogP contribution in [0.15, 0.2) is 28.7 Å². The number of hydrogen-bond donors (Lipinski definition) is 0. The molecule has 1 aliphatic carbocycles. The van der Waals surface area contributed by atoms with Crippen LogP contribution in [0.25, 0.3) is 11.0 Å². The smallest absolute Gasteiger partial charge is 0.226 e. The van der Waals surface area contributed by atoms with Crippen LogP contribution in [0.1, 0.15) is 29.0 Å². The van der Waals surface area contributed by atoms with Crippen LogP contribution in [-0.2, 0) is 4.74 Å². The molecule has 1 aromatic heterocycles. The highest BCUT2D eigenvalue weighted by Gasteiger charge is 2.37. The Balaban J connectivity index is 1.95. The van der Waals surface area contributed by atoms with Crippen molar-refractivity contribution in [3.8, 4) is 0 Å². The van der Waals surface area contributed by atoms with Gasteiger partial charge in [0.25, 0.3) is 0 Å². The van der Waals surface area contributed by atoms with Crippen molar-refractivity contribution in [2.75, 3.05) is 7.11 Å². The van der Waals surface area contributed by atoms with Gasteiger partial charge in [-0.3, -0.25) is 4.79 Å². The Hall–Kier alpha value is -1.61. The van der Waals surface area contributed by atoms with E-state index < -0.39 is 0 Å². The SMILES string of the molecule is COC(C(=O)c1cc2cc(C)ccc2o1)C1CC1. The molecule has 0 spiro atoms. The zero-order valence-electron chi connectivity index (χ0n) is 10.6. The van der Waals surface area contributed by atoms with Crippen molar-refractivity contribution in [3.05, 3.63) is 35.6 Å². The van der Waals surface area contributed by atoms with Gasteiger partial charge in [0.15, 0.2) is 5.76 Å². The number of carbonyl (C=O) groups excluding carboxylic acids is 1. The van der Waals surface area contributed by atoms with Crippen LogP contribution in [0.4, 0.5) is 0 Å². The van der Waals surface area contributed by atoms with Gasteiger partial charge >= 0.3 is 0 Å². The summed E-state index contributed by atoms with van der Waals surface area (Å²) in [6, 6.07) is 7.72. The number of aryl methyl sites for hydroxylation is 1. The fourth-order valence-corrected chi connectivity index (χ4v) is 2.34. The Morgan fingerprint density at radius 1 is 1.39 bits per heavy atom. The molecule has 1 saturated carbocycles. The molecule has 1 aromatic carbocycles. The van der Waals surface area contributed by atoms with Gasteiger partial charge in [-0.05, 0) is 43.9 Å². The highest BCUT2D eigenvalue weighted by Crippen LogP contribution is 2.36. The van der Waals surface area contributed by atoms with E-state index in [1.807, 2.05) is 31.2 Å². The highest BCUT2D eigenvalue weighted by atomic mass is 16.5. The van der Waals surface area contributed by atoms with Crippen molar-refractivity contribution >= 4 is 16.8 Å². The number of hydrogen-bond acceptors (Lipinski definition) is 3. The molecule has 2 aromatic rings. The number of rotatable bonds is 4. The van der Waals surface area contributed by atoms with Crippen LogP contribution in [0.5, 0.6) is 0 Å². The minimum absolute atomic E-state index is 0.0335. The normalized spacial score (nSPS) is 17.0. The number of methoxy groups -OCH3 is 1. The zero-order chi connectivity index (χ0) is 12.7. The molecule has 1 atom stereocenters. The molecular weight excluding hydrogens is 228 g/mol. The summed E-state index contributed by atoms with van der Waals surface area (Å²) in [5.41, 5.74) is 1.92. The summed E-state index contributed by atoms with van der Waals surface area (Å²) < 4.78 is 10.9. The molecule has 3 heteroatoms. The molecule has 18 heavy (non-hydrogen) atoms. The molecule has 0 radical (unpaired) electrons. The van der Waals surface area contributed by atoms with Gasteiger partial charge in [0.1, 0.15) is 11.7 Å². The fraction of sp³-hybridized carbons (Fsp3) is 0.400. The Morgan fingerprint density at radius 2 is 2.17 bits per heavy atom. The van der Waals surface area contributed by atoms with Crippen molar-refractivity contribution < 1.29 is 13.9 Å². The lowest BCUT2D eigenvalue weighted by Crippen LogP contribution is -2.24. The van der Waals surface area contributed by atoms with Gasteiger partial charge in [0.05, 0.1) is 0 Å². The summed E-state index contributed by atoms with van der Waals surface area (Å²) in [5.74, 6) is 0.751. The maximum Gasteiger partial charge on any atom is 0.226 e. The molecule has 0 amide bonds. The summed E-state index contributed by atoms with van der Waals surface area (Å²) in [4.78, 5) is 12.3. The van der Waals surface area contributed by atoms with Crippen LogP contribution in [0.2, 0.25) is 0 Å². The Kier molecular flexibility index (Phi) is 2.71. The minimum Gasteiger partial charge on any atom is -0.453 e. The van der Waals surface area contributed by atoms with Gasteiger partial charge < -0.3 is 9.15 Å². The third-order valence-corrected chi connectivity index (χ3v) is 3.48. The van der Waals surface area contributed by atoms with Gasteiger partial charge in [-0.25, -0.2) is 0 Å². The fourth-order valence-electron chi connectivity index (χ4n) is 2.34. The molecular formula is C15H16O3. The number of fused-ring (bicyclic) bond motifs is 1. The number of benzene rings is 1. The Morgan fingerprint density at radius 3 is 2.83 bits per heavy atom. The molecule has 1 heterocycles. The van der Waals surface area contributed by atoms with E-state index in [2.05, 4.69) is 0 Å². The molecule has 0 saturated heterocycles.